The SMILES string of the molecule is CCc1ccc(-c2csc3ncnc(Nc4ccccc4OC(C)C)c23)cc1. The van der Waals surface area contributed by atoms with Crippen LogP contribution in [-0.4, -0.2) is 16.1 Å². The highest BCUT2D eigenvalue weighted by Gasteiger charge is 2.15. The third kappa shape index (κ3) is 3.71. The van der Waals surface area contributed by atoms with Crippen molar-refractivity contribution in [2.45, 2.75) is 33.3 Å². The average molecular weight is 390 g/mol. The van der Waals surface area contributed by atoms with Crippen molar-refractivity contribution in [2.75, 3.05) is 5.32 Å². The molecule has 0 amide bonds. The molecule has 142 valence electrons. The van der Waals surface area contributed by atoms with Crippen LogP contribution in [0.2, 0.25) is 0 Å². The topological polar surface area (TPSA) is 47.0 Å². The molecule has 0 unspecified atom stereocenters. The van der Waals surface area contributed by atoms with E-state index >= 15 is 0 Å². The van der Waals surface area contributed by atoms with E-state index in [-0.39, 0.29) is 6.10 Å². The number of ether oxygens (including phenoxy) is 1. The van der Waals surface area contributed by atoms with E-state index in [1.807, 2.05) is 38.1 Å². The number of anilines is 2. The smallest absolute Gasteiger partial charge is 0.143 e. The van der Waals surface area contributed by atoms with Gasteiger partial charge in [0.05, 0.1) is 17.2 Å². The Morgan fingerprint density at radius 3 is 2.57 bits per heavy atom. The van der Waals surface area contributed by atoms with E-state index in [1.165, 1.54) is 11.1 Å². The zero-order valence-corrected chi connectivity index (χ0v) is 17.1. The lowest BCUT2D eigenvalue weighted by atomic mass is 10.0. The van der Waals surface area contributed by atoms with Gasteiger partial charge in [-0.05, 0) is 43.5 Å². The molecule has 0 atom stereocenters. The van der Waals surface area contributed by atoms with Gasteiger partial charge in [-0.2, -0.15) is 0 Å². The highest BCUT2D eigenvalue weighted by Crippen LogP contribution is 2.38. The third-order valence-electron chi connectivity index (χ3n) is 4.55. The molecule has 0 spiro atoms. The highest BCUT2D eigenvalue weighted by molar-refractivity contribution is 7.17. The minimum Gasteiger partial charge on any atom is -0.489 e. The summed E-state index contributed by atoms with van der Waals surface area (Å²) in [4.78, 5) is 9.98. The summed E-state index contributed by atoms with van der Waals surface area (Å²) in [6.45, 7) is 6.22. The lowest BCUT2D eigenvalue weighted by molar-refractivity contribution is 0.244. The first-order chi connectivity index (χ1) is 13.7. The Bertz CT molecular complexity index is 1090. The van der Waals surface area contributed by atoms with Crippen molar-refractivity contribution < 1.29 is 4.74 Å². The third-order valence-corrected chi connectivity index (χ3v) is 5.43. The molecule has 0 aliphatic rings. The van der Waals surface area contributed by atoms with E-state index in [4.69, 9.17) is 4.74 Å². The van der Waals surface area contributed by atoms with Gasteiger partial charge in [0.1, 0.15) is 22.7 Å². The molecule has 0 bridgehead atoms. The number of nitrogens with one attached hydrogen (secondary N) is 1. The second kappa shape index (κ2) is 7.98. The summed E-state index contributed by atoms with van der Waals surface area (Å²) in [6.07, 6.45) is 2.74. The van der Waals surface area contributed by atoms with Crippen LogP contribution < -0.4 is 10.1 Å². The van der Waals surface area contributed by atoms with Gasteiger partial charge in [0.15, 0.2) is 0 Å². The van der Waals surface area contributed by atoms with E-state index < -0.39 is 0 Å². The van der Waals surface area contributed by atoms with Crippen LogP contribution in [0.3, 0.4) is 0 Å². The van der Waals surface area contributed by atoms with Crippen molar-refractivity contribution in [1.29, 1.82) is 0 Å². The summed E-state index contributed by atoms with van der Waals surface area (Å²) >= 11 is 1.64. The standard InChI is InChI=1S/C23H23N3OS/c1-4-16-9-11-17(12-10-16)18-13-28-23-21(18)22(24-14-25-23)26-19-7-5-6-8-20(19)27-15(2)3/h5-15H,4H2,1-3H3,(H,24,25,26). The van der Waals surface area contributed by atoms with E-state index in [2.05, 4.69) is 51.9 Å². The van der Waals surface area contributed by atoms with Gasteiger partial charge in [-0.25, -0.2) is 9.97 Å². The molecule has 4 nitrogen and oxygen atoms in total. The lowest BCUT2D eigenvalue weighted by Crippen LogP contribution is -2.07. The van der Waals surface area contributed by atoms with Gasteiger partial charge in [0.25, 0.3) is 0 Å². The minimum atomic E-state index is 0.0992. The summed E-state index contributed by atoms with van der Waals surface area (Å²) < 4.78 is 5.95. The monoisotopic (exact) mass is 389 g/mol. The summed E-state index contributed by atoms with van der Waals surface area (Å²) in [6, 6.07) is 16.7. The van der Waals surface area contributed by atoms with Crippen molar-refractivity contribution in [1.82, 2.24) is 9.97 Å². The van der Waals surface area contributed by atoms with E-state index in [1.54, 1.807) is 17.7 Å². The molecular weight excluding hydrogens is 366 g/mol. The number of benzene rings is 2. The van der Waals surface area contributed by atoms with Crippen LogP contribution in [0.5, 0.6) is 5.75 Å². The molecule has 4 rings (SSSR count). The molecule has 0 aliphatic heterocycles. The molecule has 5 heteroatoms. The van der Waals surface area contributed by atoms with Crippen LogP contribution in [0, 0.1) is 0 Å². The molecule has 2 heterocycles. The van der Waals surface area contributed by atoms with Crippen molar-refractivity contribution in [3.8, 4) is 16.9 Å². The minimum absolute atomic E-state index is 0.0992. The molecule has 0 saturated heterocycles. The van der Waals surface area contributed by atoms with Crippen molar-refractivity contribution in [2.24, 2.45) is 0 Å². The van der Waals surface area contributed by atoms with E-state index in [0.717, 1.165) is 39.5 Å². The molecule has 0 saturated carbocycles. The van der Waals surface area contributed by atoms with Crippen LogP contribution in [0.15, 0.2) is 60.2 Å². The lowest BCUT2D eigenvalue weighted by Gasteiger charge is -2.15. The van der Waals surface area contributed by atoms with Crippen LogP contribution >= 0.6 is 11.3 Å². The highest BCUT2D eigenvalue weighted by atomic mass is 32.1. The largest absolute Gasteiger partial charge is 0.489 e. The van der Waals surface area contributed by atoms with Crippen molar-refractivity contribution in [3.05, 3.63) is 65.8 Å². The van der Waals surface area contributed by atoms with Crippen LogP contribution in [0.25, 0.3) is 21.3 Å². The zero-order valence-electron chi connectivity index (χ0n) is 16.3. The maximum atomic E-state index is 5.95. The number of aryl methyl sites for hydroxylation is 1. The Balaban J connectivity index is 1.77. The maximum absolute atomic E-state index is 5.95. The number of thiophene rings is 1. The van der Waals surface area contributed by atoms with Gasteiger partial charge in [0.2, 0.25) is 0 Å². The number of para-hydroxylation sites is 2. The first kappa shape index (κ1) is 18.4. The first-order valence-electron chi connectivity index (χ1n) is 9.50. The van der Waals surface area contributed by atoms with Crippen molar-refractivity contribution >= 4 is 33.1 Å². The molecule has 1 N–H and O–H groups in total. The molecule has 28 heavy (non-hydrogen) atoms. The van der Waals surface area contributed by atoms with Gasteiger partial charge in [-0.3, -0.25) is 0 Å². The Labute approximate surface area is 169 Å². The number of rotatable bonds is 6. The summed E-state index contributed by atoms with van der Waals surface area (Å²) in [7, 11) is 0. The quantitative estimate of drug-likeness (QED) is 0.411. The normalized spacial score (nSPS) is 11.1. The van der Waals surface area contributed by atoms with Crippen LogP contribution in [0.1, 0.15) is 26.3 Å². The molecule has 2 aromatic carbocycles. The fourth-order valence-electron chi connectivity index (χ4n) is 3.16. The molecule has 0 radical (unpaired) electrons. The zero-order chi connectivity index (χ0) is 19.5. The van der Waals surface area contributed by atoms with Gasteiger partial charge in [0, 0.05) is 10.9 Å². The molecule has 2 aromatic heterocycles. The Hall–Kier alpha value is -2.92. The number of hydrogen-bond donors (Lipinski definition) is 1. The molecular formula is C23H23N3OS. The van der Waals surface area contributed by atoms with Crippen LogP contribution in [0.4, 0.5) is 11.5 Å². The maximum Gasteiger partial charge on any atom is 0.143 e. The summed E-state index contributed by atoms with van der Waals surface area (Å²) in [5, 5.41) is 6.66. The molecule has 0 aliphatic carbocycles. The Morgan fingerprint density at radius 1 is 1.04 bits per heavy atom. The number of nitrogens with zero attached hydrogens (tertiary/aromatic N) is 2. The number of hydrogen-bond acceptors (Lipinski definition) is 5. The predicted molar refractivity (Wildman–Crippen MR) is 118 cm³/mol. The van der Waals surface area contributed by atoms with E-state index in [9.17, 15) is 0 Å². The average Bonchev–Trinajstić information content (AvgIpc) is 3.14. The number of aromatic nitrogens is 2. The van der Waals surface area contributed by atoms with Gasteiger partial charge >= 0.3 is 0 Å². The van der Waals surface area contributed by atoms with Gasteiger partial charge < -0.3 is 10.1 Å². The van der Waals surface area contributed by atoms with Gasteiger partial charge in [-0.1, -0.05) is 43.3 Å². The fourth-order valence-corrected chi connectivity index (χ4v) is 4.07. The van der Waals surface area contributed by atoms with Gasteiger partial charge in [-0.15, -0.1) is 11.3 Å². The van der Waals surface area contributed by atoms with E-state index in [0.29, 0.717) is 0 Å². The summed E-state index contributed by atoms with van der Waals surface area (Å²) in [5.74, 6) is 1.61. The number of fused-ring (bicyclic) bond motifs is 1. The van der Waals surface area contributed by atoms with Crippen LogP contribution in [-0.2, 0) is 6.42 Å². The van der Waals surface area contributed by atoms with Crippen molar-refractivity contribution in [3.63, 3.8) is 0 Å². The summed E-state index contributed by atoms with van der Waals surface area (Å²) in [5.41, 5.74) is 4.55. The predicted octanol–water partition coefficient (Wildman–Crippen LogP) is 6.45. The second-order valence-electron chi connectivity index (χ2n) is 6.89. The Kier molecular flexibility index (Phi) is 5.26. The first-order valence-corrected chi connectivity index (χ1v) is 10.4. The second-order valence-corrected chi connectivity index (χ2v) is 7.75. The Morgan fingerprint density at radius 2 is 1.82 bits per heavy atom. The molecule has 0 fully saturated rings. The molecule has 4 aromatic rings. The fraction of sp³-hybridized carbons (Fsp3) is 0.217.